The van der Waals surface area contributed by atoms with Gasteiger partial charge in [0, 0.05) is 19.2 Å². The van der Waals surface area contributed by atoms with Gasteiger partial charge in [0.05, 0.1) is 21.2 Å². The fourth-order valence-corrected chi connectivity index (χ4v) is 4.08. The molecule has 0 spiro atoms. The minimum absolute atomic E-state index is 0.0516. The van der Waals surface area contributed by atoms with Crippen LogP contribution in [0.5, 0.6) is 5.75 Å². The predicted octanol–water partition coefficient (Wildman–Crippen LogP) is 4.24. The van der Waals surface area contributed by atoms with Gasteiger partial charge < -0.3 is 9.64 Å². The summed E-state index contributed by atoms with van der Waals surface area (Å²) in [4.78, 5) is 1.82. The Morgan fingerprint density at radius 2 is 1.86 bits per heavy atom. The van der Waals surface area contributed by atoms with Crippen LogP contribution in [-0.4, -0.2) is 39.6 Å². The summed E-state index contributed by atoms with van der Waals surface area (Å²) in [6, 6.07) is 7.68. The number of alkyl halides is 3. The summed E-state index contributed by atoms with van der Waals surface area (Å²) >= 11 is 6.14. The highest BCUT2D eigenvalue weighted by Crippen LogP contribution is 2.32. The first-order valence-electron chi connectivity index (χ1n) is 8.39. The van der Waals surface area contributed by atoms with Gasteiger partial charge in [0.2, 0.25) is 0 Å². The van der Waals surface area contributed by atoms with Gasteiger partial charge in [0.15, 0.2) is 0 Å². The molecule has 5 nitrogen and oxygen atoms in total. The molecule has 2 aromatic carbocycles. The second kappa shape index (κ2) is 7.81. The molecule has 1 aliphatic rings. The zero-order valence-electron chi connectivity index (χ0n) is 14.8. The summed E-state index contributed by atoms with van der Waals surface area (Å²) in [6.07, 6.45) is -3.76. The second-order valence-electron chi connectivity index (χ2n) is 6.56. The topological polar surface area (TPSA) is 58.6 Å². The van der Waals surface area contributed by atoms with E-state index in [2.05, 4.69) is 9.62 Å². The summed E-state index contributed by atoms with van der Waals surface area (Å²) in [5, 5.41) is 0.340. The van der Waals surface area contributed by atoms with Crippen molar-refractivity contribution in [3.05, 3.63) is 53.1 Å². The molecule has 0 unspecified atom stereocenters. The number of hydrogen-bond acceptors (Lipinski definition) is 4. The van der Waals surface area contributed by atoms with E-state index < -0.39 is 21.8 Å². The van der Waals surface area contributed by atoms with Crippen molar-refractivity contribution in [2.45, 2.75) is 23.6 Å². The lowest BCUT2D eigenvalue weighted by Gasteiger charge is -2.16. The maximum atomic E-state index is 12.6. The van der Waals surface area contributed by atoms with Crippen LogP contribution in [-0.2, 0) is 16.2 Å². The third kappa shape index (κ3) is 4.89. The molecule has 28 heavy (non-hydrogen) atoms. The number of hydrogen-bond donors (Lipinski definition) is 1. The average Bonchev–Trinajstić information content (AvgIpc) is 3.02. The van der Waals surface area contributed by atoms with Crippen molar-refractivity contribution < 1.29 is 26.3 Å². The van der Waals surface area contributed by atoms with Crippen molar-refractivity contribution in [2.75, 3.05) is 24.9 Å². The molecule has 2 aromatic rings. The van der Waals surface area contributed by atoms with Gasteiger partial charge >= 0.3 is 6.18 Å². The van der Waals surface area contributed by atoms with Crippen molar-refractivity contribution in [2.24, 2.45) is 0 Å². The van der Waals surface area contributed by atoms with Crippen molar-refractivity contribution in [3.8, 4) is 5.75 Å². The SMILES string of the molecule is CN1CC[C@@H](Oc2cc(NS(=O)(=O)c3ccc(C(F)(F)F)cc3)ccc2Cl)C1. The number of benzene rings is 2. The van der Waals surface area contributed by atoms with Gasteiger partial charge in [-0.2, -0.15) is 13.2 Å². The molecule has 0 amide bonds. The zero-order valence-corrected chi connectivity index (χ0v) is 16.4. The molecule has 1 saturated heterocycles. The smallest absolute Gasteiger partial charge is 0.416 e. The number of rotatable bonds is 5. The van der Waals surface area contributed by atoms with Crippen LogP contribution in [0.3, 0.4) is 0 Å². The van der Waals surface area contributed by atoms with Crippen molar-refractivity contribution in [1.82, 2.24) is 4.90 Å². The Bertz CT molecular complexity index is 950. The molecular weight excluding hydrogens is 417 g/mol. The van der Waals surface area contributed by atoms with Crippen LogP contribution in [0.25, 0.3) is 0 Å². The number of ether oxygens (including phenoxy) is 1. The molecule has 1 aliphatic heterocycles. The Balaban J connectivity index is 1.77. The van der Waals surface area contributed by atoms with E-state index in [0.29, 0.717) is 10.8 Å². The monoisotopic (exact) mass is 434 g/mol. The Kier molecular flexibility index (Phi) is 5.79. The summed E-state index contributed by atoms with van der Waals surface area (Å²) in [7, 11) is -2.09. The summed E-state index contributed by atoms with van der Waals surface area (Å²) in [5.74, 6) is 0.342. The quantitative estimate of drug-likeness (QED) is 0.764. The van der Waals surface area contributed by atoms with Gasteiger partial charge in [0.1, 0.15) is 11.9 Å². The van der Waals surface area contributed by atoms with Crippen LogP contribution in [0.1, 0.15) is 12.0 Å². The lowest BCUT2D eigenvalue weighted by Crippen LogP contribution is -2.21. The van der Waals surface area contributed by atoms with E-state index in [0.717, 1.165) is 43.8 Å². The van der Waals surface area contributed by atoms with Gasteiger partial charge in [-0.25, -0.2) is 8.42 Å². The lowest BCUT2D eigenvalue weighted by molar-refractivity contribution is -0.137. The van der Waals surface area contributed by atoms with Gasteiger partial charge in [-0.1, -0.05) is 11.6 Å². The molecular formula is C18H18ClF3N2O3S. The first kappa shape index (κ1) is 20.8. The van der Waals surface area contributed by atoms with Gasteiger partial charge in [-0.15, -0.1) is 0 Å². The van der Waals surface area contributed by atoms with Crippen LogP contribution in [0, 0.1) is 0 Å². The predicted molar refractivity (Wildman–Crippen MR) is 100 cm³/mol. The minimum Gasteiger partial charge on any atom is -0.487 e. The largest absolute Gasteiger partial charge is 0.487 e. The Morgan fingerprint density at radius 3 is 2.43 bits per heavy atom. The Hall–Kier alpha value is -1.97. The maximum Gasteiger partial charge on any atom is 0.416 e. The normalized spacial score (nSPS) is 18.2. The first-order chi connectivity index (χ1) is 13.0. The van der Waals surface area contributed by atoms with E-state index in [1.807, 2.05) is 7.05 Å². The molecule has 1 N–H and O–H groups in total. The van der Waals surface area contributed by atoms with E-state index in [1.54, 1.807) is 0 Å². The zero-order chi connectivity index (χ0) is 20.5. The molecule has 0 radical (unpaired) electrons. The molecule has 1 heterocycles. The van der Waals surface area contributed by atoms with E-state index in [1.165, 1.54) is 18.2 Å². The third-order valence-corrected chi connectivity index (χ3v) is 6.03. The Morgan fingerprint density at radius 1 is 1.18 bits per heavy atom. The molecule has 1 fully saturated rings. The van der Waals surface area contributed by atoms with E-state index in [4.69, 9.17) is 16.3 Å². The molecule has 1 atom stereocenters. The summed E-state index contributed by atoms with van der Waals surface area (Å²) < 4.78 is 71.1. The van der Waals surface area contributed by atoms with Crippen LogP contribution < -0.4 is 9.46 Å². The van der Waals surface area contributed by atoms with Crippen LogP contribution in [0.15, 0.2) is 47.4 Å². The van der Waals surface area contributed by atoms with Gasteiger partial charge in [-0.05, 0) is 49.9 Å². The highest BCUT2D eigenvalue weighted by Gasteiger charge is 2.30. The highest BCUT2D eigenvalue weighted by molar-refractivity contribution is 7.92. The molecule has 152 valence electrons. The molecule has 0 aliphatic carbocycles. The minimum atomic E-state index is -4.54. The van der Waals surface area contributed by atoms with Crippen molar-refractivity contribution in [3.63, 3.8) is 0 Å². The summed E-state index contributed by atoms with van der Waals surface area (Å²) in [5.41, 5.74) is -0.721. The molecule has 10 heteroatoms. The first-order valence-corrected chi connectivity index (χ1v) is 10.3. The standard InChI is InChI=1S/C18H18ClF3N2O3S/c1-24-9-8-14(11-24)27-17-10-13(4-7-16(17)19)23-28(25,26)15-5-2-12(3-6-15)18(20,21)22/h2-7,10,14,23H,8-9,11H2,1H3/t14-/m1/s1. The van der Waals surface area contributed by atoms with Crippen molar-refractivity contribution >= 4 is 27.3 Å². The summed E-state index contributed by atoms with van der Waals surface area (Å²) in [6.45, 7) is 1.63. The number of likely N-dealkylation sites (tertiary alicyclic amines) is 1. The average molecular weight is 435 g/mol. The number of nitrogens with one attached hydrogen (secondary N) is 1. The lowest BCUT2D eigenvalue weighted by atomic mass is 10.2. The van der Waals surface area contributed by atoms with Gasteiger partial charge in [-0.3, -0.25) is 4.72 Å². The molecule has 0 saturated carbocycles. The second-order valence-corrected chi connectivity index (χ2v) is 8.65. The fourth-order valence-electron chi connectivity index (χ4n) is 2.86. The number of sulfonamides is 1. The van der Waals surface area contributed by atoms with Crippen molar-refractivity contribution in [1.29, 1.82) is 0 Å². The van der Waals surface area contributed by atoms with E-state index >= 15 is 0 Å². The molecule has 0 bridgehead atoms. The third-order valence-electron chi connectivity index (χ3n) is 4.32. The molecule has 3 rings (SSSR count). The number of nitrogens with zero attached hydrogens (tertiary/aromatic N) is 1. The fraction of sp³-hybridized carbons (Fsp3) is 0.333. The number of anilines is 1. The number of halogens is 4. The van der Waals surface area contributed by atoms with Crippen LogP contribution in [0.4, 0.5) is 18.9 Å². The Labute approximate surface area is 166 Å². The van der Waals surface area contributed by atoms with Crippen LogP contribution in [0.2, 0.25) is 5.02 Å². The van der Waals surface area contributed by atoms with Gasteiger partial charge in [0.25, 0.3) is 10.0 Å². The molecule has 0 aromatic heterocycles. The van der Waals surface area contributed by atoms with Crippen LogP contribution >= 0.6 is 11.6 Å². The highest BCUT2D eigenvalue weighted by atomic mass is 35.5. The maximum absolute atomic E-state index is 12.6. The van der Waals surface area contributed by atoms with E-state index in [-0.39, 0.29) is 16.7 Å². The number of likely N-dealkylation sites (N-methyl/N-ethyl adjacent to an activating group) is 1. The van der Waals surface area contributed by atoms with E-state index in [9.17, 15) is 21.6 Å².